The number of hydrogen-bond acceptors (Lipinski definition) is 3. The molecular formula is C12H27N3. The summed E-state index contributed by atoms with van der Waals surface area (Å²) in [5, 5.41) is 0. The topological polar surface area (TPSA) is 32.5 Å². The number of rotatable bonds is 5. The molecule has 0 aliphatic carbocycles. The van der Waals surface area contributed by atoms with Crippen LogP contribution in [-0.4, -0.2) is 54.6 Å². The van der Waals surface area contributed by atoms with Gasteiger partial charge >= 0.3 is 0 Å². The van der Waals surface area contributed by atoms with Gasteiger partial charge in [-0.15, -0.1) is 0 Å². The number of piperazine rings is 1. The fourth-order valence-corrected chi connectivity index (χ4v) is 2.07. The lowest BCUT2D eigenvalue weighted by Gasteiger charge is -2.38. The third-order valence-corrected chi connectivity index (χ3v) is 3.52. The highest BCUT2D eigenvalue weighted by molar-refractivity contribution is 4.76. The van der Waals surface area contributed by atoms with Crippen molar-refractivity contribution >= 4 is 0 Å². The van der Waals surface area contributed by atoms with Gasteiger partial charge in [-0.05, 0) is 33.2 Å². The van der Waals surface area contributed by atoms with E-state index in [2.05, 4.69) is 30.6 Å². The quantitative estimate of drug-likeness (QED) is 0.743. The molecule has 0 aromatic rings. The SMILES string of the molecule is CCC(C)N1CCN(CCC(C)N)CC1. The van der Waals surface area contributed by atoms with Crippen molar-refractivity contribution in [2.45, 2.75) is 45.7 Å². The summed E-state index contributed by atoms with van der Waals surface area (Å²) in [6.45, 7) is 12.8. The van der Waals surface area contributed by atoms with Crippen LogP contribution < -0.4 is 5.73 Å². The Balaban J connectivity index is 2.18. The highest BCUT2D eigenvalue weighted by Crippen LogP contribution is 2.09. The average Bonchev–Trinajstić information content (AvgIpc) is 2.26. The van der Waals surface area contributed by atoms with Crippen molar-refractivity contribution < 1.29 is 0 Å². The summed E-state index contributed by atoms with van der Waals surface area (Å²) in [5.41, 5.74) is 5.77. The van der Waals surface area contributed by atoms with Gasteiger partial charge in [-0.1, -0.05) is 6.92 Å². The Morgan fingerprint density at radius 2 is 1.73 bits per heavy atom. The van der Waals surface area contributed by atoms with Gasteiger partial charge in [0.05, 0.1) is 0 Å². The molecule has 1 aliphatic rings. The Bertz CT molecular complexity index is 162. The van der Waals surface area contributed by atoms with Crippen LogP contribution in [0.3, 0.4) is 0 Å². The van der Waals surface area contributed by atoms with Crippen LogP contribution in [0.4, 0.5) is 0 Å². The molecule has 1 aliphatic heterocycles. The van der Waals surface area contributed by atoms with Crippen LogP contribution in [-0.2, 0) is 0 Å². The van der Waals surface area contributed by atoms with Crippen molar-refractivity contribution in [3.63, 3.8) is 0 Å². The molecule has 2 atom stereocenters. The number of nitrogens with zero attached hydrogens (tertiary/aromatic N) is 2. The van der Waals surface area contributed by atoms with E-state index in [4.69, 9.17) is 5.73 Å². The van der Waals surface area contributed by atoms with Gasteiger partial charge in [0.25, 0.3) is 0 Å². The second-order valence-corrected chi connectivity index (χ2v) is 4.90. The normalized spacial score (nSPS) is 24.0. The standard InChI is InChI=1S/C12H27N3/c1-4-12(3)15-9-7-14(8-10-15)6-5-11(2)13/h11-12H,4-10,13H2,1-3H3. The Morgan fingerprint density at radius 1 is 1.13 bits per heavy atom. The van der Waals surface area contributed by atoms with Gasteiger partial charge in [0.15, 0.2) is 0 Å². The first-order valence-electron chi connectivity index (χ1n) is 6.35. The van der Waals surface area contributed by atoms with Crippen LogP contribution in [0.5, 0.6) is 0 Å². The second-order valence-electron chi connectivity index (χ2n) is 4.90. The summed E-state index contributed by atoms with van der Waals surface area (Å²) >= 11 is 0. The molecule has 2 N–H and O–H groups in total. The molecule has 15 heavy (non-hydrogen) atoms. The van der Waals surface area contributed by atoms with E-state index in [0.29, 0.717) is 6.04 Å². The van der Waals surface area contributed by atoms with E-state index >= 15 is 0 Å². The summed E-state index contributed by atoms with van der Waals surface area (Å²) < 4.78 is 0. The smallest absolute Gasteiger partial charge is 0.0113 e. The Labute approximate surface area is 94.6 Å². The van der Waals surface area contributed by atoms with E-state index < -0.39 is 0 Å². The van der Waals surface area contributed by atoms with E-state index in [-0.39, 0.29) is 0 Å². The van der Waals surface area contributed by atoms with Crippen LogP contribution in [0.1, 0.15) is 33.6 Å². The van der Waals surface area contributed by atoms with Gasteiger partial charge in [0, 0.05) is 38.3 Å². The first-order chi connectivity index (χ1) is 7.13. The Kier molecular flexibility index (Phi) is 5.58. The van der Waals surface area contributed by atoms with Crippen molar-refractivity contribution in [3.8, 4) is 0 Å². The van der Waals surface area contributed by atoms with Crippen molar-refractivity contribution in [2.24, 2.45) is 5.73 Å². The van der Waals surface area contributed by atoms with E-state index in [1.165, 1.54) is 39.1 Å². The summed E-state index contributed by atoms with van der Waals surface area (Å²) in [6.07, 6.45) is 2.39. The molecule has 1 saturated heterocycles. The molecule has 1 heterocycles. The summed E-state index contributed by atoms with van der Waals surface area (Å²) in [4.78, 5) is 5.14. The summed E-state index contributed by atoms with van der Waals surface area (Å²) in [6, 6.07) is 1.10. The monoisotopic (exact) mass is 213 g/mol. The van der Waals surface area contributed by atoms with Gasteiger partial charge < -0.3 is 10.6 Å². The summed E-state index contributed by atoms with van der Waals surface area (Å²) in [7, 11) is 0. The molecule has 0 aromatic carbocycles. The van der Waals surface area contributed by atoms with Gasteiger partial charge in [-0.2, -0.15) is 0 Å². The minimum absolute atomic E-state index is 0.345. The predicted octanol–water partition coefficient (Wildman–Crippen LogP) is 1.14. The molecule has 1 fully saturated rings. The van der Waals surface area contributed by atoms with Crippen molar-refractivity contribution in [2.75, 3.05) is 32.7 Å². The molecule has 0 radical (unpaired) electrons. The summed E-state index contributed by atoms with van der Waals surface area (Å²) in [5.74, 6) is 0. The average molecular weight is 213 g/mol. The molecule has 0 saturated carbocycles. The van der Waals surface area contributed by atoms with Crippen molar-refractivity contribution in [3.05, 3.63) is 0 Å². The maximum atomic E-state index is 5.77. The Hall–Kier alpha value is -0.120. The van der Waals surface area contributed by atoms with Crippen LogP contribution in [0, 0.1) is 0 Å². The molecule has 0 spiro atoms. The first-order valence-corrected chi connectivity index (χ1v) is 6.35. The minimum atomic E-state index is 0.345. The zero-order chi connectivity index (χ0) is 11.3. The number of nitrogens with two attached hydrogens (primary N) is 1. The second kappa shape index (κ2) is 6.46. The lowest BCUT2D eigenvalue weighted by molar-refractivity contribution is 0.0990. The molecule has 3 nitrogen and oxygen atoms in total. The maximum absolute atomic E-state index is 5.77. The van der Waals surface area contributed by atoms with Gasteiger partial charge in [-0.3, -0.25) is 4.90 Å². The lowest BCUT2D eigenvalue weighted by atomic mass is 10.1. The predicted molar refractivity (Wildman–Crippen MR) is 66.0 cm³/mol. The van der Waals surface area contributed by atoms with Crippen LogP contribution in [0.25, 0.3) is 0 Å². The molecule has 2 unspecified atom stereocenters. The van der Waals surface area contributed by atoms with E-state index in [1.54, 1.807) is 0 Å². The molecule has 1 rings (SSSR count). The third-order valence-electron chi connectivity index (χ3n) is 3.52. The zero-order valence-electron chi connectivity index (χ0n) is 10.6. The Morgan fingerprint density at radius 3 is 2.20 bits per heavy atom. The van der Waals surface area contributed by atoms with Gasteiger partial charge in [-0.25, -0.2) is 0 Å². The van der Waals surface area contributed by atoms with Gasteiger partial charge in [0.2, 0.25) is 0 Å². The third kappa shape index (κ3) is 4.49. The molecule has 90 valence electrons. The molecule has 0 bridgehead atoms. The van der Waals surface area contributed by atoms with E-state index in [1.807, 2.05) is 0 Å². The largest absolute Gasteiger partial charge is 0.328 e. The number of hydrogen-bond donors (Lipinski definition) is 1. The van der Waals surface area contributed by atoms with Crippen LogP contribution >= 0.6 is 0 Å². The fourth-order valence-electron chi connectivity index (χ4n) is 2.07. The van der Waals surface area contributed by atoms with E-state index in [9.17, 15) is 0 Å². The van der Waals surface area contributed by atoms with Crippen molar-refractivity contribution in [1.82, 2.24) is 9.80 Å². The fraction of sp³-hybridized carbons (Fsp3) is 1.00. The minimum Gasteiger partial charge on any atom is -0.328 e. The van der Waals surface area contributed by atoms with Crippen LogP contribution in [0.15, 0.2) is 0 Å². The van der Waals surface area contributed by atoms with E-state index in [0.717, 1.165) is 12.5 Å². The van der Waals surface area contributed by atoms with Gasteiger partial charge in [0.1, 0.15) is 0 Å². The first kappa shape index (κ1) is 12.9. The highest BCUT2D eigenvalue weighted by Gasteiger charge is 2.19. The maximum Gasteiger partial charge on any atom is 0.0113 e. The molecule has 3 heteroatoms. The zero-order valence-corrected chi connectivity index (χ0v) is 10.6. The molecule has 0 amide bonds. The lowest BCUT2D eigenvalue weighted by Crippen LogP contribution is -2.49. The van der Waals surface area contributed by atoms with Crippen molar-refractivity contribution in [1.29, 1.82) is 0 Å². The molecular weight excluding hydrogens is 186 g/mol. The highest BCUT2D eigenvalue weighted by atomic mass is 15.3. The molecule has 0 aromatic heterocycles. The van der Waals surface area contributed by atoms with Crippen LogP contribution in [0.2, 0.25) is 0 Å².